The highest BCUT2D eigenvalue weighted by molar-refractivity contribution is 5.95. The van der Waals surface area contributed by atoms with Gasteiger partial charge in [-0.05, 0) is 42.3 Å². The first-order valence-corrected chi connectivity index (χ1v) is 8.95. The molecule has 0 aliphatic heterocycles. The number of anilines is 1. The molecule has 5 heteroatoms. The van der Waals surface area contributed by atoms with Crippen LogP contribution in [-0.2, 0) is 14.3 Å². The van der Waals surface area contributed by atoms with Gasteiger partial charge in [0.05, 0.1) is 0 Å². The maximum atomic E-state index is 12.1. The second-order valence-electron chi connectivity index (χ2n) is 6.17. The van der Waals surface area contributed by atoms with Gasteiger partial charge in [-0.25, -0.2) is 4.79 Å². The summed E-state index contributed by atoms with van der Waals surface area (Å²) >= 11 is 0. The number of carbonyl (C=O) groups excluding carboxylic acids is 2. The SMILES string of the molecule is C[C@@H](OC(=O)COc1ccc(-c2ccccc2)cc1)C(=O)Nc1ccccc1. The van der Waals surface area contributed by atoms with E-state index in [1.807, 2.05) is 60.7 Å². The molecule has 0 heterocycles. The summed E-state index contributed by atoms with van der Waals surface area (Å²) in [6.45, 7) is 1.25. The minimum absolute atomic E-state index is 0.270. The molecule has 0 saturated carbocycles. The standard InChI is InChI=1S/C23H21NO4/c1-17(23(26)24-20-10-6-3-7-11-20)28-22(25)16-27-21-14-12-19(13-15-21)18-8-4-2-5-9-18/h2-15,17H,16H2,1H3,(H,24,26)/t17-/m1/s1. The molecule has 5 nitrogen and oxygen atoms in total. The van der Waals surface area contributed by atoms with Crippen LogP contribution in [0.2, 0.25) is 0 Å². The van der Waals surface area contributed by atoms with E-state index >= 15 is 0 Å². The Labute approximate surface area is 163 Å². The van der Waals surface area contributed by atoms with Crippen LogP contribution >= 0.6 is 0 Å². The number of para-hydroxylation sites is 1. The zero-order chi connectivity index (χ0) is 19.8. The molecule has 1 N–H and O–H groups in total. The molecule has 0 aromatic heterocycles. The molecule has 1 amide bonds. The van der Waals surface area contributed by atoms with E-state index in [0.717, 1.165) is 11.1 Å². The van der Waals surface area contributed by atoms with Crippen LogP contribution in [0, 0.1) is 0 Å². The minimum atomic E-state index is -0.920. The minimum Gasteiger partial charge on any atom is -0.482 e. The highest BCUT2D eigenvalue weighted by atomic mass is 16.6. The summed E-state index contributed by atoms with van der Waals surface area (Å²) in [5.41, 5.74) is 2.80. The van der Waals surface area contributed by atoms with Crippen molar-refractivity contribution in [2.24, 2.45) is 0 Å². The average molecular weight is 375 g/mol. The number of hydrogen-bond donors (Lipinski definition) is 1. The number of carbonyl (C=O) groups is 2. The molecular formula is C23H21NO4. The summed E-state index contributed by atoms with van der Waals surface area (Å²) in [5, 5.41) is 2.69. The van der Waals surface area contributed by atoms with Crippen LogP contribution in [0.1, 0.15) is 6.92 Å². The van der Waals surface area contributed by atoms with E-state index in [9.17, 15) is 9.59 Å². The highest BCUT2D eigenvalue weighted by Crippen LogP contribution is 2.22. The number of hydrogen-bond acceptors (Lipinski definition) is 4. The molecule has 0 saturated heterocycles. The number of rotatable bonds is 7. The lowest BCUT2D eigenvalue weighted by molar-refractivity contribution is -0.155. The summed E-state index contributed by atoms with van der Waals surface area (Å²) in [7, 11) is 0. The molecule has 0 spiro atoms. The van der Waals surface area contributed by atoms with E-state index in [0.29, 0.717) is 11.4 Å². The van der Waals surface area contributed by atoms with Gasteiger partial charge in [0.25, 0.3) is 5.91 Å². The summed E-state index contributed by atoms with van der Waals surface area (Å²) in [6.07, 6.45) is -0.920. The van der Waals surface area contributed by atoms with Gasteiger partial charge in [-0.2, -0.15) is 0 Å². The molecule has 3 aromatic rings. The first-order valence-electron chi connectivity index (χ1n) is 8.95. The molecule has 1 atom stereocenters. The third-order valence-corrected chi connectivity index (χ3v) is 4.04. The lowest BCUT2D eigenvalue weighted by Crippen LogP contribution is -2.31. The van der Waals surface area contributed by atoms with Crippen molar-refractivity contribution in [2.75, 3.05) is 11.9 Å². The fourth-order valence-electron chi connectivity index (χ4n) is 2.57. The van der Waals surface area contributed by atoms with Crippen LogP contribution in [-0.4, -0.2) is 24.6 Å². The Hall–Kier alpha value is -3.60. The van der Waals surface area contributed by atoms with Gasteiger partial charge in [0.15, 0.2) is 12.7 Å². The molecule has 3 rings (SSSR count). The quantitative estimate of drug-likeness (QED) is 0.625. The van der Waals surface area contributed by atoms with Crippen LogP contribution in [0.5, 0.6) is 5.75 Å². The highest BCUT2D eigenvalue weighted by Gasteiger charge is 2.18. The summed E-state index contributed by atoms with van der Waals surface area (Å²) in [4.78, 5) is 24.0. The van der Waals surface area contributed by atoms with E-state index in [1.165, 1.54) is 6.92 Å². The number of ether oxygens (including phenoxy) is 2. The molecule has 3 aromatic carbocycles. The van der Waals surface area contributed by atoms with Crippen LogP contribution in [0.3, 0.4) is 0 Å². The predicted molar refractivity (Wildman–Crippen MR) is 108 cm³/mol. The van der Waals surface area contributed by atoms with Crippen molar-refractivity contribution in [3.8, 4) is 16.9 Å². The van der Waals surface area contributed by atoms with Gasteiger partial charge in [0.2, 0.25) is 0 Å². The number of benzene rings is 3. The van der Waals surface area contributed by atoms with Gasteiger partial charge in [0.1, 0.15) is 5.75 Å². The molecule has 0 unspecified atom stereocenters. The molecule has 0 aliphatic carbocycles. The van der Waals surface area contributed by atoms with E-state index in [1.54, 1.807) is 24.3 Å². The normalized spacial score (nSPS) is 11.3. The molecule has 0 fully saturated rings. The van der Waals surface area contributed by atoms with E-state index in [4.69, 9.17) is 9.47 Å². The Kier molecular flexibility index (Phi) is 6.41. The van der Waals surface area contributed by atoms with Crippen molar-refractivity contribution in [3.05, 3.63) is 84.9 Å². The van der Waals surface area contributed by atoms with Crippen LogP contribution < -0.4 is 10.1 Å². The van der Waals surface area contributed by atoms with Gasteiger partial charge in [0, 0.05) is 5.69 Å². The Bertz CT molecular complexity index is 908. The first kappa shape index (κ1) is 19.2. The number of nitrogens with one attached hydrogen (secondary N) is 1. The molecule has 142 valence electrons. The van der Waals surface area contributed by atoms with E-state index in [2.05, 4.69) is 5.32 Å². The average Bonchev–Trinajstić information content (AvgIpc) is 2.74. The number of esters is 1. The summed E-state index contributed by atoms with van der Waals surface area (Å²) in [6, 6.07) is 26.4. The fraction of sp³-hybridized carbons (Fsp3) is 0.130. The van der Waals surface area contributed by atoms with Crippen LogP contribution in [0.15, 0.2) is 84.9 Å². The van der Waals surface area contributed by atoms with Crippen molar-refractivity contribution in [1.82, 2.24) is 0 Å². The van der Waals surface area contributed by atoms with Gasteiger partial charge in [-0.3, -0.25) is 4.79 Å². The van der Waals surface area contributed by atoms with Crippen molar-refractivity contribution in [2.45, 2.75) is 13.0 Å². The second kappa shape index (κ2) is 9.37. The molecule has 0 bridgehead atoms. The van der Waals surface area contributed by atoms with Crippen molar-refractivity contribution < 1.29 is 19.1 Å². The van der Waals surface area contributed by atoms with Gasteiger partial charge in [-0.15, -0.1) is 0 Å². The van der Waals surface area contributed by atoms with Crippen LogP contribution in [0.25, 0.3) is 11.1 Å². The fourth-order valence-corrected chi connectivity index (χ4v) is 2.57. The topological polar surface area (TPSA) is 64.6 Å². The van der Waals surface area contributed by atoms with Gasteiger partial charge < -0.3 is 14.8 Å². The maximum Gasteiger partial charge on any atom is 0.344 e. The Morgan fingerprint density at radius 1 is 0.821 bits per heavy atom. The zero-order valence-corrected chi connectivity index (χ0v) is 15.5. The van der Waals surface area contributed by atoms with Crippen molar-refractivity contribution in [1.29, 1.82) is 0 Å². The van der Waals surface area contributed by atoms with Crippen molar-refractivity contribution >= 4 is 17.6 Å². The van der Waals surface area contributed by atoms with Crippen LogP contribution in [0.4, 0.5) is 5.69 Å². The predicted octanol–water partition coefficient (Wildman–Crippen LogP) is 4.30. The van der Waals surface area contributed by atoms with Gasteiger partial charge >= 0.3 is 5.97 Å². The largest absolute Gasteiger partial charge is 0.482 e. The molecule has 28 heavy (non-hydrogen) atoms. The zero-order valence-electron chi connectivity index (χ0n) is 15.5. The summed E-state index contributed by atoms with van der Waals surface area (Å²) < 4.78 is 10.6. The van der Waals surface area contributed by atoms with Crippen molar-refractivity contribution in [3.63, 3.8) is 0 Å². The molecule has 0 radical (unpaired) electrons. The Morgan fingerprint density at radius 3 is 2.04 bits per heavy atom. The Balaban J connectivity index is 1.46. The summed E-state index contributed by atoms with van der Waals surface area (Å²) in [5.74, 6) is -0.451. The first-order chi connectivity index (χ1) is 13.6. The molecular weight excluding hydrogens is 354 g/mol. The van der Waals surface area contributed by atoms with Gasteiger partial charge in [-0.1, -0.05) is 60.7 Å². The Morgan fingerprint density at radius 2 is 1.39 bits per heavy atom. The maximum absolute atomic E-state index is 12.1. The van der Waals surface area contributed by atoms with E-state index in [-0.39, 0.29) is 6.61 Å². The smallest absolute Gasteiger partial charge is 0.344 e. The third kappa shape index (κ3) is 5.45. The lowest BCUT2D eigenvalue weighted by Gasteiger charge is -2.14. The lowest BCUT2D eigenvalue weighted by atomic mass is 10.1. The number of amides is 1. The molecule has 0 aliphatic rings. The monoisotopic (exact) mass is 375 g/mol. The van der Waals surface area contributed by atoms with E-state index < -0.39 is 18.0 Å². The second-order valence-corrected chi connectivity index (χ2v) is 6.17. The third-order valence-electron chi connectivity index (χ3n) is 4.04.